The predicted octanol–water partition coefficient (Wildman–Crippen LogP) is 3.74. The largest absolute Gasteiger partial charge is 0.497 e. The fraction of sp³-hybridized carbons (Fsp3) is 0.258. The number of hydrogen-bond acceptors (Lipinski definition) is 10. The van der Waals surface area contributed by atoms with Crippen molar-refractivity contribution in [2.45, 2.75) is 31.1 Å². The van der Waals surface area contributed by atoms with Crippen molar-refractivity contribution in [1.29, 1.82) is 0 Å². The Labute approximate surface area is 259 Å². The first-order chi connectivity index (χ1) is 21.8. The van der Waals surface area contributed by atoms with Crippen LogP contribution in [0.1, 0.15) is 46.3 Å². The Balaban J connectivity index is 1.48. The monoisotopic (exact) mass is 629 g/mol. The Bertz CT molecular complexity index is 1910. The molecule has 6 rings (SSSR count). The number of carbonyl (C=O) groups is 1. The molecule has 5 aromatic rings. The van der Waals surface area contributed by atoms with Gasteiger partial charge in [0.25, 0.3) is 0 Å². The summed E-state index contributed by atoms with van der Waals surface area (Å²) in [6.45, 7) is 0.335. The topological polar surface area (TPSA) is 152 Å². The molecule has 0 spiro atoms. The van der Waals surface area contributed by atoms with Gasteiger partial charge in [0.2, 0.25) is 21.7 Å². The van der Waals surface area contributed by atoms with Gasteiger partial charge in [-0.15, -0.1) is 10.2 Å². The van der Waals surface area contributed by atoms with Crippen LogP contribution in [0.4, 0.5) is 0 Å². The maximum Gasteiger partial charge on any atom is 0.303 e. The average Bonchev–Trinajstić information content (AvgIpc) is 3.67. The van der Waals surface area contributed by atoms with Gasteiger partial charge in [0.15, 0.2) is 11.6 Å². The van der Waals surface area contributed by atoms with Crippen molar-refractivity contribution >= 4 is 15.9 Å². The highest BCUT2D eigenvalue weighted by Crippen LogP contribution is 2.40. The molecule has 0 atom stereocenters. The highest BCUT2D eigenvalue weighted by atomic mass is 32.2. The third-order valence-corrected chi connectivity index (χ3v) is 8.47. The van der Waals surface area contributed by atoms with E-state index in [1.165, 1.54) is 18.8 Å². The van der Waals surface area contributed by atoms with Crippen LogP contribution in [0.2, 0.25) is 0 Å². The number of rotatable bonds is 12. The smallest absolute Gasteiger partial charge is 0.303 e. The SMILES string of the molecule is COc1ccc(Cn2nc(C3CC3)nc2-c2nnc(C(=O)NS(=O)(=O)Cc3ccccc3)n2-c2c(OC)cccc2OC)cc1. The third-order valence-electron chi connectivity index (χ3n) is 7.26. The summed E-state index contributed by atoms with van der Waals surface area (Å²) in [7, 11) is 0.447. The van der Waals surface area contributed by atoms with Crippen LogP contribution in [0.5, 0.6) is 17.2 Å². The zero-order valence-corrected chi connectivity index (χ0v) is 25.7. The number of hydrogen-bond donors (Lipinski definition) is 1. The average molecular weight is 630 g/mol. The highest BCUT2D eigenvalue weighted by molar-refractivity contribution is 7.89. The Kier molecular flexibility index (Phi) is 8.22. The van der Waals surface area contributed by atoms with Crippen LogP contribution in [-0.4, -0.2) is 65.2 Å². The molecule has 0 unspecified atom stereocenters. The van der Waals surface area contributed by atoms with Gasteiger partial charge in [-0.2, -0.15) is 5.10 Å². The van der Waals surface area contributed by atoms with E-state index in [9.17, 15) is 13.2 Å². The second-order valence-electron chi connectivity index (χ2n) is 10.4. The lowest BCUT2D eigenvalue weighted by Gasteiger charge is -2.17. The summed E-state index contributed by atoms with van der Waals surface area (Å²) in [4.78, 5) is 18.5. The molecular weight excluding hydrogens is 598 g/mol. The fourth-order valence-electron chi connectivity index (χ4n) is 4.91. The van der Waals surface area contributed by atoms with Crippen LogP contribution < -0.4 is 18.9 Å². The second-order valence-corrected chi connectivity index (χ2v) is 12.2. The van der Waals surface area contributed by atoms with Crippen LogP contribution in [0.3, 0.4) is 0 Å². The first-order valence-corrected chi connectivity index (χ1v) is 15.8. The lowest BCUT2D eigenvalue weighted by Crippen LogP contribution is -2.33. The van der Waals surface area contributed by atoms with E-state index in [1.54, 1.807) is 60.3 Å². The molecule has 3 aromatic carbocycles. The Hall–Kier alpha value is -5.24. The summed E-state index contributed by atoms with van der Waals surface area (Å²) in [5.74, 6) is 1.03. The first kappa shape index (κ1) is 29.8. The van der Waals surface area contributed by atoms with E-state index in [0.717, 1.165) is 24.2 Å². The molecule has 0 bridgehead atoms. The quantitative estimate of drug-likeness (QED) is 0.216. The molecule has 0 saturated heterocycles. The zero-order valence-electron chi connectivity index (χ0n) is 24.9. The van der Waals surface area contributed by atoms with E-state index in [2.05, 4.69) is 14.9 Å². The van der Waals surface area contributed by atoms with E-state index < -0.39 is 21.7 Å². The van der Waals surface area contributed by atoms with Gasteiger partial charge in [-0.25, -0.2) is 22.8 Å². The van der Waals surface area contributed by atoms with Gasteiger partial charge in [-0.1, -0.05) is 48.5 Å². The molecule has 1 saturated carbocycles. The molecule has 13 nitrogen and oxygen atoms in total. The van der Waals surface area contributed by atoms with Gasteiger partial charge < -0.3 is 14.2 Å². The van der Waals surface area contributed by atoms with Gasteiger partial charge in [-0.3, -0.25) is 9.36 Å². The first-order valence-electron chi connectivity index (χ1n) is 14.1. The molecule has 1 fully saturated rings. The Morgan fingerprint density at radius 1 is 0.844 bits per heavy atom. The number of ether oxygens (including phenoxy) is 3. The van der Waals surface area contributed by atoms with Gasteiger partial charge in [0.05, 0.1) is 33.6 Å². The summed E-state index contributed by atoms with van der Waals surface area (Å²) >= 11 is 0. The number of benzene rings is 3. The predicted molar refractivity (Wildman–Crippen MR) is 164 cm³/mol. The minimum absolute atomic E-state index is 0.149. The summed E-state index contributed by atoms with van der Waals surface area (Å²) in [5.41, 5.74) is 1.74. The van der Waals surface area contributed by atoms with Crippen molar-refractivity contribution in [3.05, 3.63) is 95.6 Å². The van der Waals surface area contributed by atoms with Crippen molar-refractivity contribution in [1.82, 2.24) is 34.3 Å². The van der Waals surface area contributed by atoms with E-state index in [-0.39, 0.29) is 17.6 Å². The highest BCUT2D eigenvalue weighted by Gasteiger charge is 2.33. The number of nitrogens with zero attached hydrogens (tertiary/aromatic N) is 6. The van der Waals surface area contributed by atoms with Crippen molar-refractivity contribution in [2.75, 3.05) is 21.3 Å². The zero-order chi connectivity index (χ0) is 31.6. The van der Waals surface area contributed by atoms with Crippen molar-refractivity contribution in [3.63, 3.8) is 0 Å². The minimum Gasteiger partial charge on any atom is -0.497 e. The maximum atomic E-state index is 13.7. The molecule has 45 heavy (non-hydrogen) atoms. The molecule has 1 amide bonds. The van der Waals surface area contributed by atoms with E-state index in [1.807, 2.05) is 24.3 Å². The number of carbonyl (C=O) groups excluding carboxylic acids is 1. The van der Waals surface area contributed by atoms with Crippen LogP contribution in [0.15, 0.2) is 72.8 Å². The van der Waals surface area contributed by atoms with Gasteiger partial charge in [0.1, 0.15) is 22.9 Å². The summed E-state index contributed by atoms with van der Waals surface area (Å²) < 4.78 is 48.0. The van der Waals surface area contributed by atoms with Crippen molar-refractivity contribution < 1.29 is 27.4 Å². The number of sulfonamides is 1. The molecule has 14 heteroatoms. The molecule has 2 aromatic heterocycles. The molecule has 1 N–H and O–H groups in total. The van der Waals surface area contributed by atoms with E-state index in [0.29, 0.717) is 40.9 Å². The van der Waals surface area contributed by atoms with Crippen molar-refractivity contribution in [2.24, 2.45) is 0 Å². The summed E-state index contributed by atoms with van der Waals surface area (Å²) in [6.07, 6.45) is 1.93. The maximum absolute atomic E-state index is 13.7. The van der Waals surface area contributed by atoms with Gasteiger partial charge in [0, 0.05) is 5.92 Å². The third kappa shape index (κ3) is 6.36. The molecule has 0 radical (unpaired) electrons. The minimum atomic E-state index is -4.11. The fourth-order valence-corrected chi connectivity index (χ4v) is 5.99. The standard InChI is InChI=1S/C31H31N7O6S/c1-42-23-16-12-20(13-17-23)18-37-28(32-27(35-37)22-14-15-22)29-33-34-30(38(29)26-24(43-2)10-7-11-25(26)44-3)31(39)36-45(40,41)19-21-8-5-4-6-9-21/h4-13,16-17,22H,14-15,18-19H2,1-3H3,(H,36,39). The van der Waals surface area contributed by atoms with Crippen LogP contribution in [-0.2, 0) is 22.3 Å². The van der Waals surface area contributed by atoms with E-state index >= 15 is 0 Å². The lowest BCUT2D eigenvalue weighted by molar-refractivity contribution is 0.0969. The normalized spacial score (nSPS) is 13.0. The van der Waals surface area contributed by atoms with Crippen LogP contribution in [0.25, 0.3) is 17.3 Å². The van der Waals surface area contributed by atoms with Gasteiger partial charge >= 0.3 is 5.91 Å². The van der Waals surface area contributed by atoms with E-state index in [4.69, 9.17) is 24.3 Å². The molecular formula is C31H31N7O6S. The molecule has 0 aliphatic heterocycles. The Morgan fingerprint density at radius 3 is 2.16 bits per heavy atom. The van der Waals surface area contributed by atoms with Gasteiger partial charge in [-0.05, 0) is 48.2 Å². The van der Waals surface area contributed by atoms with Crippen molar-refractivity contribution in [3.8, 4) is 34.6 Å². The van der Waals surface area contributed by atoms with Crippen LogP contribution >= 0.6 is 0 Å². The molecule has 1 aliphatic rings. The Morgan fingerprint density at radius 2 is 1.53 bits per heavy atom. The summed E-state index contributed by atoms with van der Waals surface area (Å²) in [5, 5.41) is 13.4. The van der Waals surface area contributed by atoms with Crippen LogP contribution in [0, 0.1) is 0 Å². The second kappa shape index (κ2) is 12.4. The number of amides is 1. The molecule has 1 aliphatic carbocycles. The molecule has 2 heterocycles. The lowest BCUT2D eigenvalue weighted by atomic mass is 10.2. The number of methoxy groups -OCH3 is 3. The number of nitrogens with one attached hydrogen (secondary N) is 1. The number of para-hydroxylation sites is 1. The molecule has 232 valence electrons. The number of aromatic nitrogens is 6. The summed E-state index contributed by atoms with van der Waals surface area (Å²) in [6, 6.07) is 21.2.